The summed E-state index contributed by atoms with van der Waals surface area (Å²) in [7, 11) is 0. The van der Waals surface area contributed by atoms with Crippen LogP contribution in [0.1, 0.15) is 40.0 Å². The molecule has 0 bridgehead atoms. The summed E-state index contributed by atoms with van der Waals surface area (Å²) in [5.74, 6) is 0. The molecule has 1 rings (SSSR count). The topological polar surface area (TPSA) is 15.3 Å². The van der Waals surface area contributed by atoms with Crippen LogP contribution in [0.3, 0.4) is 0 Å². The molecule has 0 aromatic heterocycles. The Morgan fingerprint density at radius 2 is 1.88 bits per heavy atom. The van der Waals surface area contributed by atoms with Gasteiger partial charge in [-0.3, -0.25) is 4.90 Å². The highest BCUT2D eigenvalue weighted by Gasteiger charge is 2.25. The fraction of sp³-hybridized carbons (Fsp3) is 1.00. The Kier molecular flexibility index (Phi) is 5.12. The summed E-state index contributed by atoms with van der Waals surface area (Å²) in [6, 6.07) is 0.490. The first-order valence-corrected chi connectivity index (χ1v) is 6.21. The van der Waals surface area contributed by atoms with Crippen molar-refractivity contribution in [3.8, 4) is 0 Å². The summed E-state index contributed by atoms with van der Waals surface area (Å²) >= 11 is 0. The molecule has 96 valence electrons. The summed E-state index contributed by atoms with van der Waals surface area (Å²) < 4.78 is 24.4. The van der Waals surface area contributed by atoms with Gasteiger partial charge in [-0.25, -0.2) is 8.78 Å². The average Bonchev–Trinajstić information content (AvgIpc) is 2.20. The molecule has 0 atom stereocenters. The van der Waals surface area contributed by atoms with Gasteiger partial charge in [-0.2, -0.15) is 0 Å². The lowest BCUT2D eigenvalue weighted by molar-refractivity contribution is 0.0702. The van der Waals surface area contributed by atoms with Crippen LogP contribution >= 0.6 is 0 Å². The predicted octanol–water partition coefficient (Wildman–Crippen LogP) is 2.49. The highest BCUT2D eigenvalue weighted by Crippen LogP contribution is 2.16. The molecule has 0 amide bonds. The maximum atomic E-state index is 12.2. The van der Waals surface area contributed by atoms with Gasteiger partial charge in [0.2, 0.25) is 0 Å². The molecule has 16 heavy (non-hydrogen) atoms. The number of nitrogens with zero attached hydrogens (tertiary/aromatic N) is 1. The largest absolute Gasteiger partial charge is 0.309 e. The molecule has 1 aliphatic rings. The third kappa shape index (κ3) is 4.74. The summed E-state index contributed by atoms with van der Waals surface area (Å²) in [5, 5.41) is 3.60. The Hall–Kier alpha value is -0.220. The van der Waals surface area contributed by atoms with Gasteiger partial charge in [-0.1, -0.05) is 6.92 Å². The zero-order valence-electron chi connectivity index (χ0n) is 10.6. The molecule has 0 aromatic rings. The van der Waals surface area contributed by atoms with Crippen LogP contribution < -0.4 is 5.32 Å². The average molecular weight is 234 g/mol. The van der Waals surface area contributed by atoms with E-state index in [1.807, 2.05) is 4.90 Å². The number of nitrogens with one attached hydrogen (secondary N) is 1. The summed E-state index contributed by atoms with van der Waals surface area (Å²) in [5.41, 5.74) is 0.162. The summed E-state index contributed by atoms with van der Waals surface area (Å²) in [6.07, 6.45) is 0.855. The van der Waals surface area contributed by atoms with Gasteiger partial charge in [0.15, 0.2) is 0 Å². The van der Waals surface area contributed by atoms with E-state index < -0.39 is 6.43 Å². The second kappa shape index (κ2) is 5.92. The highest BCUT2D eigenvalue weighted by atomic mass is 19.3. The standard InChI is InChI=1S/C12H24F2N2/c1-4-12(2,3)15-10-5-7-16(8-6-10)9-11(13)14/h10-11,15H,4-9H2,1-3H3. The Morgan fingerprint density at radius 1 is 1.31 bits per heavy atom. The number of hydrogen-bond donors (Lipinski definition) is 1. The van der Waals surface area contributed by atoms with Crippen molar-refractivity contribution in [1.82, 2.24) is 10.2 Å². The first-order chi connectivity index (χ1) is 7.43. The van der Waals surface area contributed by atoms with Crippen molar-refractivity contribution in [2.75, 3.05) is 19.6 Å². The van der Waals surface area contributed by atoms with Crippen molar-refractivity contribution in [2.24, 2.45) is 0 Å². The van der Waals surface area contributed by atoms with Crippen LogP contribution in [0.5, 0.6) is 0 Å². The molecule has 4 heteroatoms. The molecule has 1 N–H and O–H groups in total. The van der Waals surface area contributed by atoms with Gasteiger partial charge in [-0.05, 0) is 46.2 Å². The Morgan fingerprint density at radius 3 is 2.31 bits per heavy atom. The highest BCUT2D eigenvalue weighted by molar-refractivity contribution is 4.85. The monoisotopic (exact) mass is 234 g/mol. The normalized spacial score (nSPS) is 20.6. The van der Waals surface area contributed by atoms with Crippen molar-refractivity contribution in [1.29, 1.82) is 0 Å². The van der Waals surface area contributed by atoms with Crippen molar-refractivity contribution in [3.05, 3.63) is 0 Å². The zero-order valence-corrected chi connectivity index (χ0v) is 10.6. The molecule has 0 unspecified atom stereocenters. The van der Waals surface area contributed by atoms with Gasteiger partial charge in [-0.15, -0.1) is 0 Å². The van der Waals surface area contributed by atoms with Crippen molar-refractivity contribution < 1.29 is 8.78 Å². The lowest BCUT2D eigenvalue weighted by Gasteiger charge is -2.37. The summed E-state index contributed by atoms with van der Waals surface area (Å²) in [4.78, 5) is 1.86. The fourth-order valence-corrected chi connectivity index (χ4v) is 2.11. The Balaban J connectivity index is 2.27. The molecule has 2 nitrogen and oxygen atoms in total. The number of hydrogen-bond acceptors (Lipinski definition) is 2. The molecular weight excluding hydrogens is 210 g/mol. The van der Waals surface area contributed by atoms with Crippen molar-refractivity contribution in [3.63, 3.8) is 0 Å². The van der Waals surface area contributed by atoms with E-state index >= 15 is 0 Å². The minimum absolute atomic E-state index is 0.0656. The van der Waals surface area contributed by atoms with Crippen LogP contribution in [0.4, 0.5) is 8.78 Å². The van der Waals surface area contributed by atoms with Crippen LogP contribution in [0.25, 0.3) is 0 Å². The third-order valence-electron chi connectivity index (χ3n) is 3.46. The zero-order chi connectivity index (χ0) is 12.2. The van der Waals surface area contributed by atoms with Gasteiger partial charge in [0.1, 0.15) is 0 Å². The van der Waals surface area contributed by atoms with Gasteiger partial charge < -0.3 is 5.32 Å². The van der Waals surface area contributed by atoms with Gasteiger partial charge in [0.25, 0.3) is 6.43 Å². The smallest absolute Gasteiger partial charge is 0.251 e. The van der Waals surface area contributed by atoms with E-state index in [1.54, 1.807) is 0 Å². The first kappa shape index (κ1) is 13.8. The van der Waals surface area contributed by atoms with E-state index in [9.17, 15) is 8.78 Å². The lowest BCUT2D eigenvalue weighted by Crippen LogP contribution is -2.50. The maximum Gasteiger partial charge on any atom is 0.251 e. The quantitative estimate of drug-likeness (QED) is 0.786. The molecule has 1 aliphatic heterocycles. The van der Waals surface area contributed by atoms with Crippen LogP contribution in [0.2, 0.25) is 0 Å². The van der Waals surface area contributed by atoms with Gasteiger partial charge >= 0.3 is 0 Å². The number of alkyl halides is 2. The van der Waals surface area contributed by atoms with Crippen LogP contribution in [-0.4, -0.2) is 42.5 Å². The van der Waals surface area contributed by atoms with E-state index in [0.717, 1.165) is 32.4 Å². The Bertz CT molecular complexity index is 199. The molecule has 0 aliphatic carbocycles. The van der Waals surface area contributed by atoms with E-state index in [1.165, 1.54) is 0 Å². The molecule has 1 fully saturated rings. The van der Waals surface area contributed by atoms with Crippen molar-refractivity contribution >= 4 is 0 Å². The molecule has 0 aromatic carbocycles. The van der Waals surface area contributed by atoms with Crippen LogP contribution in [-0.2, 0) is 0 Å². The minimum Gasteiger partial charge on any atom is -0.309 e. The van der Waals surface area contributed by atoms with E-state index in [4.69, 9.17) is 0 Å². The van der Waals surface area contributed by atoms with E-state index in [2.05, 4.69) is 26.1 Å². The van der Waals surface area contributed by atoms with E-state index in [0.29, 0.717) is 6.04 Å². The fourth-order valence-electron chi connectivity index (χ4n) is 2.11. The SMILES string of the molecule is CCC(C)(C)NC1CCN(CC(F)F)CC1. The van der Waals surface area contributed by atoms with Gasteiger partial charge in [0.05, 0.1) is 6.54 Å². The second-order valence-electron chi connectivity index (χ2n) is 5.35. The molecule has 0 saturated carbocycles. The molecule has 0 radical (unpaired) electrons. The number of halogens is 2. The van der Waals surface area contributed by atoms with E-state index in [-0.39, 0.29) is 12.1 Å². The molecule has 1 saturated heterocycles. The second-order valence-corrected chi connectivity index (χ2v) is 5.35. The molecule has 1 heterocycles. The van der Waals surface area contributed by atoms with Crippen molar-refractivity contribution in [2.45, 2.75) is 58.0 Å². The third-order valence-corrected chi connectivity index (χ3v) is 3.46. The maximum absolute atomic E-state index is 12.2. The number of piperidine rings is 1. The predicted molar refractivity (Wildman–Crippen MR) is 63.0 cm³/mol. The first-order valence-electron chi connectivity index (χ1n) is 6.21. The van der Waals surface area contributed by atoms with Crippen LogP contribution in [0, 0.1) is 0 Å². The lowest BCUT2D eigenvalue weighted by atomic mass is 9.96. The van der Waals surface area contributed by atoms with Crippen LogP contribution in [0.15, 0.2) is 0 Å². The minimum atomic E-state index is -2.20. The molecule has 0 spiro atoms. The van der Waals surface area contributed by atoms with Gasteiger partial charge in [0, 0.05) is 11.6 Å². The molecular formula is C12H24F2N2. The Labute approximate surface area is 97.4 Å². The number of rotatable bonds is 5. The number of likely N-dealkylation sites (tertiary alicyclic amines) is 1. The summed E-state index contributed by atoms with van der Waals surface area (Å²) in [6.45, 7) is 8.07.